The highest BCUT2D eigenvalue weighted by molar-refractivity contribution is 5.20. The fourth-order valence-electron chi connectivity index (χ4n) is 3.31. The van der Waals surface area contributed by atoms with Crippen LogP contribution < -0.4 is 10.9 Å². The molecule has 112 valence electrons. The third-order valence-electron chi connectivity index (χ3n) is 4.29. The normalized spacial score (nSPS) is 19.4. The van der Waals surface area contributed by atoms with Gasteiger partial charge >= 0.3 is 0 Å². The fraction of sp³-hybridized carbons (Fsp3) is 0.750. The Morgan fingerprint density at radius 3 is 2.35 bits per heavy atom. The standard InChI is InChI=1S/C16H27N3O/c1-11-15(16(20)19-13(3)17-11)12(2)18-14-9-7-5-4-6-8-10-14/h12,14,18H,4-10H2,1-3H3,(H,17,19,20). The molecule has 1 unspecified atom stereocenters. The number of hydrogen-bond acceptors (Lipinski definition) is 3. The van der Waals surface area contributed by atoms with Crippen molar-refractivity contribution in [2.45, 2.75) is 77.8 Å². The van der Waals surface area contributed by atoms with Gasteiger partial charge in [0.25, 0.3) is 5.56 Å². The molecular weight excluding hydrogens is 250 g/mol. The lowest BCUT2D eigenvalue weighted by molar-refractivity contribution is 0.361. The number of aromatic amines is 1. The Hall–Kier alpha value is -1.16. The van der Waals surface area contributed by atoms with E-state index in [4.69, 9.17) is 0 Å². The first-order valence-electron chi connectivity index (χ1n) is 7.91. The number of nitrogens with zero attached hydrogens (tertiary/aromatic N) is 1. The zero-order valence-electron chi connectivity index (χ0n) is 13.0. The molecule has 2 N–H and O–H groups in total. The van der Waals surface area contributed by atoms with Crippen LogP contribution in [0.5, 0.6) is 0 Å². The van der Waals surface area contributed by atoms with Crippen LogP contribution in [-0.2, 0) is 0 Å². The van der Waals surface area contributed by atoms with Gasteiger partial charge in [-0.3, -0.25) is 4.79 Å². The lowest BCUT2D eigenvalue weighted by Crippen LogP contribution is -2.35. The van der Waals surface area contributed by atoms with E-state index in [0.29, 0.717) is 11.9 Å². The zero-order chi connectivity index (χ0) is 14.5. The average Bonchev–Trinajstić information content (AvgIpc) is 2.31. The fourth-order valence-corrected chi connectivity index (χ4v) is 3.31. The van der Waals surface area contributed by atoms with E-state index in [-0.39, 0.29) is 11.6 Å². The van der Waals surface area contributed by atoms with Gasteiger partial charge in [-0.25, -0.2) is 4.98 Å². The van der Waals surface area contributed by atoms with Crippen LogP contribution in [0.4, 0.5) is 0 Å². The van der Waals surface area contributed by atoms with Crippen LogP contribution in [0, 0.1) is 13.8 Å². The van der Waals surface area contributed by atoms with Crippen molar-refractivity contribution >= 4 is 0 Å². The third kappa shape index (κ3) is 3.92. The molecule has 1 aromatic rings. The smallest absolute Gasteiger partial charge is 0.255 e. The van der Waals surface area contributed by atoms with Crippen molar-refractivity contribution in [3.8, 4) is 0 Å². The summed E-state index contributed by atoms with van der Waals surface area (Å²) in [5.41, 5.74) is 1.63. The molecule has 0 spiro atoms. The molecular formula is C16H27N3O. The van der Waals surface area contributed by atoms with E-state index in [2.05, 4.69) is 22.2 Å². The molecule has 1 aliphatic rings. The van der Waals surface area contributed by atoms with E-state index < -0.39 is 0 Å². The zero-order valence-corrected chi connectivity index (χ0v) is 13.0. The molecule has 20 heavy (non-hydrogen) atoms. The number of H-pyrrole nitrogens is 1. The minimum absolute atomic E-state index is 0.000782. The van der Waals surface area contributed by atoms with Crippen LogP contribution in [0.25, 0.3) is 0 Å². The second-order valence-corrected chi connectivity index (χ2v) is 6.08. The minimum Gasteiger partial charge on any atom is -0.310 e. The summed E-state index contributed by atoms with van der Waals surface area (Å²) in [6.07, 6.45) is 9.11. The molecule has 0 aliphatic heterocycles. The third-order valence-corrected chi connectivity index (χ3v) is 4.29. The Balaban J connectivity index is 2.07. The van der Waals surface area contributed by atoms with E-state index >= 15 is 0 Å². The summed E-state index contributed by atoms with van der Waals surface area (Å²) in [4.78, 5) is 19.3. The molecule has 1 heterocycles. The van der Waals surface area contributed by atoms with Gasteiger partial charge in [0.2, 0.25) is 0 Å². The second-order valence-electron chi connectivity index (χ2n) is 6.08. The summed E-state index contributed by atoms with van der Waals surface area (Å²) in [5.74, 6) is 0.689. The lowest BCUT2D eigenvalue weighted by atomic mass is 9.95. The monoisotopic (exact) mass is 277 g/mol. The summed E-state index contributed by atoms with van der Waals surface area (Å²) < 4.78 is 0. The van der Waals surface area contributed by atoms with Gasteiger partial charge in [-0.05, 0) is 33.6 Å². The van der Waals surface area contributed by atoms with Crippen LogP contribution in [0.1, 0.15) is 75.0 Å². The van der Waals surface area contributed by atoms with Gasteiger partial charge in [0.1, 0.15) is 5.82 Å². The van der Waals surface area contributed by atoms with Gasteiger partial charge < -0.3 is 10.3 Å². The molecule has 1 saturated carbocycles. The molecule has 1 fully saturated rings. The molecule has 4 nitrogen and oxygen atoms in total. The van der Waals surface area contributed by atoms with Gasteiger partial charge in [0.15, 0.2) is 0 Å². The molecule has 4 heteroatoms. The van der Waals surface area contributed by atoms with E-state index in [1.54, 1.807) is 0 Å². The molecule has 1 aromatic heterocycles. The Morgan fingerprint density at radius 2 is 1.75 bits per heavy atom. The van der Waals surface area contributed by atoms with Crippen molar-refractivity contribution < 1.29 is 0 Å². The summed E-state index contributed by atoms with van der Waals surface area (Å²) in [6, 6.07) is 0.599. The molecule has 0 radical (unpaired) electrons. The quantitative estimate of drug-likeness (QED) is 0.892. The molecule has 2 rings (SSSR count). The summed E-state index contributed by atoms with van der Waals surface area (Å²) in [7, 11) is 0. The Kier molecular flexibility index (Phi) is 5.35. The predicted molar refractivity (Wildman–Crippen MR) is 82.0 cm³/mol. The van der Waals surface area contributed by atoms with Gasteiger partial charge in [0.05, 0.1) is 5.56 Å². The van der Waals surface area contributed by atoms with Crippen LogP contribution in [-0.4, -0.2) is 16.0 Å². The van der Waals surface area contributed by atoms with E-state index in [0.717, 1.165) is 11.3 Å². The maximum absolute atomic E-state index is 12.1. The minimum atomic E-state index is 0.000782. The van der Waals surface area contributed by atoms with Crippen molar-refractivity contribution in [3.05, 3.63) is 27.4 Å². The van der Waals surface area contributed by atoms with E-state index in [1.807, 2.05) is 13.8 Å². The van der Waals surface area contributed by atoms with Crippen molar-refractivity contribution in [2.75, 3.05) is 0 Å². The highest BCUT2D eigenvalue weighted by Crippen LogP contribution is 2.20. The molecule has 0 bridgehead atoms. The molecule has 1 atom stereocenters. The highest BCUT2D eigenvalue weighted by Gasteiger charge is 2.19. The van der Waals surface area contributed by atoms with E-state index in [9.17, 15) is 4.79 Å². The Morgan fingerprint density at radius 1 is 1.15 bits per heavy atom. The first kappa shape index (κ1) is 15.2. The van der Waals surface area contributed by atoms with E-state index in [1.165, 1.54) is 44.9 Å². The molecule has 0 aromatic carbocycles. The van der Waals surface area contributed by atoms with Gasteiger partial charge in [-0.15, -0.1) is 0 Å². The van der Waals surface area contributed by atoms with Crippen LogP contribution in [0.3, 0.4) is 0 Å². The molecule has 0 amide bonds. The van der Waals surface area contributed by atoms with Crippen molar-refractivity contribution in [3.63, 3.8) is 0 Å². The maximum Gasteiger partial charge on any atom is 0.255 e. The Bertz CT molecular complexity index is 487. The highest BCUT2D eigenvalue weighted by atomic mass is 16.1. The average molecular weight is 277 g/mol. The predicted octanol–water partition coefficient (Wildman–Crippen LogP) is 3.15. The van der Waals surface area contributed by atoms with Gasteiger partial charge in [0, 0.05) is 17.8 Å². The van der Waals surface area contributed by atoms with Crippen molar-refractivity contribution in [1.82, 2.24) is 15.3 Å². The summed E-state index contributed by atoms with van der Waals surface area (Å²) >= 11 is 0. The van der Waals surface area contributed by atoms with Crippen molar-refractivity contribution in [1.29, 1.82) is 0 Å². The number of rotatable bonds is 3. The SMILES string of the molecule is Cc1nc(C)c(C(C)NC2CCCCCCC2)c(=O)[nH]1. The van der Waals surface area contributed by atoms with Crippen molar-refractivity contribution in [2.24, 2.45) is 0 Å². The maximum atomic E-state index is 12.1. The summed E-state index contributed by atoms with van der Waals surface area (Å²) in [6.45, 7) is 5.83. The van der Waals surface area contributed by atoms with Crippen LogP contribution >= 0.6 is 0 Å². The second kappa shape index (κ2) is 7.02. The topological polar surface area (TPSA) is 57.8 Å². The number of nitrogens with one attached hydrogen (secondary N) is 2. The van der Waals surface area contributed by atoms with Crippen LogP contribution in [0.15, 0.2) is 4.79 Å². The van der Waals surface area contributed by atoms with Crippen LogP contribution in [0.2, 0.25) is 0 Å². The molecule has 1 aliphatic carbocycles. The number of aryl methyl sites for hydroxylation is 2. The molecule has 0 saturated heterocycles. The Labute approximate surface area is 121 Å². The van der Waals surface area contributed by atoms with Gasteiger partial charge in [-0.1, -0.05) is 32.1 Å². The van der Waals surface area contributed by atoms with Gasteiger partial charge in [-0.2, -0.15) is 0 Å². The number of aromatic nitrogens is 2. The lowest BCUT2D eigenvalue weighted by Gasteiger charge is -2.25. The number of hydrogen-bond donors (Lipinski definition) is 2. The largest absolute Gasteiger partial charge is 0.310 e. The first-order chi connectivity index (χ1) is 9.58. The first-order valence-corrected chi connectivity index (χ1v) is 7.91. The summed E-state index contributed by atoms with van der Waals surface area (Å²) in [5, 5.41) is 3.64.